The highest BCUT2D eigenvalue weighted by Crippen LogP contribution is 2.31. The van der Waals surface area contributed by atoms with Crippen molar-refractivity contribution in [3.05, 3.63) is 29.8 Å². The number of nitrogens with one attached hydrogen (secondary N) is 3. The second-order valence-electron chi connectivity index (χ2n) is 5.70. The van der Waals surface area contributed by atoms with Crippen LogP contribution in [0.15, 0.2) is 24.3 Å². The third-order valence-corrected chi connectivity index (χ3v) is 4.25. The molecule has 0 spiro atoms. The van der Waals surface area contributed by atoms with Crippen molar-refractivity contribution in [3.8, 4) is 0 Å². The van der Waals surface area contributed by atoms with Crippen LogP contribution in [0.5, 0.6) is 0 Å². The summed E-state index contributed by atoms with van der Waals surface area (Å²) in [6.07, 6.45) is 3.43. The Morgan fingerprint density at radius 1 is 1.10 bits per heavy atom. The smallest absolute Gasteiger partial charge is 0.242 e. The van der Waals surface area contributed by atoms with Crippen LogP contribution in [0, 0.1) is 0 Å². The van der Waals surface area contributed by atoms with Crippen LogP contribution < -0.4 is 16.0 Å². The van der Waals surface area contributed by atoms with Gasteiger partial charge in [-0.2, -0.15) is 0 Å². The maximum Gasteiger partial charge on any atom is 0.242 e. The summed E-state index contributed by atoms with van der Waals surface area (Å²) in [4.78, 5) is 24.5. The molecule has 2 heterocycles. The second-order valence-corrected chi connectivity index (χ2v) is 5.70. The van der Waals surface area contributed by atoms with Gasteiger partial charge in [0.15, 0.2) is 0 Å². The van der Waals surface area contributed by atoms with Crippen LogP contribution in [0.4, 0.5) is 5.69 Å². The Kier molecular flexibility index (Phi) is 4.08. The molecular formula is C16H21N3O2. The summed E-state index contributed by atoms with van der Waals surface area (Å²) in [6, 6.07) is 7.50. The summed E-state index contributed by atoms with van der Waals surface area (Å²) in [7, 11) is 0. The van der Waals surface area contributed by atoms with E-state index in [9.17, 15) is 9.59 Å². The van der Waals surface area contributed by atoms with Gasteiger partial charge >= 0.3 is 0 Å². The number of carbonyl (C=O) groups is 2. The van der Waals surface area contributed by atoms with Crippen molar-refractivity contribution >= 4 is 17.5 Å². The van der Waals surface area contributed by atoms with Crippen molar-refractivity contribution in [2.24, 2.45) is 0 Å². The molecule has 3 N–H and O–H groups in total. The van der Waals surface area contributed by atoms with Crippen molar-refractivity contribution < 1.29 is 9.59 Å². The van der Waals surface area contributed by atoms with E-state index < -0.39 is 0 Å². The molecule has 1 fully saturated rings. The monoisotopic (exact) mass is 287 g/mol. The summed E-state index contributed by atoms with van der Waals surface area (Å²) in [6.45, 7) is 1.49. The standard InChI is InChI=1S/C16H21N3O2/c20-15(19-14-7-3-4-9-18-16(14)21)12-8-10-17-13-6-2-1-5-11(12)13/h1-2,5-6,12,14,17H,3-4,7-10H2,(H,18,21)(H,19,20). The van der Waals surface area contributed by atoms with Crippen molar-refractivity contribution in [1.29, 1.82) is 0 Å². The number of fused-ring (bicyclic) bond motifs is 1. The Morgan fingerprint density at radius 3 is 2.86 bits per heavy atom. The molecule has 2 unspecified atom stereocenters. The highest BCUT2D eigenvalue weighted by Gasteiger charge is 2.30. The topological polar surface area (TPSA) is 70.2 Å². The van der Waals surface area contributed by atoms with Crippen LogP contribution in [0.25, 0.3) is 0 Å². The first-order valence-electron chi connectivity index (χ1n) is 7.66. The van der Waals surface area contributed by atoms with Crippen LogP contribution in [0.1, 0.15) is 37.2 Å². The van der Waals surface area contributed by atoms with Crippen molar-refractivity contribution in [2.75, 3.05) is 18.4 Å². The Morgan fingerprint density at radius 2 is 1.95 bits per heavy atom. The average Bonchev–Trinajstić information content (AvgIpc) is 2.71. The highest BCUT2D eigenvalue weighted by atomic mass is 16.2. The highest BCUT2D eigenvalue weighted by molar-refractivity contribution is 5.91. The zero-order valence-electron chi connectivity index (χ0n) is 12.0. The summed E-state index contributed by atoms with van der Waals surface area (Å²) < 4.78 is 0. The van der Waals surface area contributed by atoms with Gasteiger partial charge in [0.05, 0.1) is 5.92 Å². The zero-order chi connectivity index (χ0) is 14.7. The lowest BCUT2D eigenvalue weighted by atomic mass is 9.90. The Balaban J connectivity index is 1.72. The lowest BCUT2D eigenvalue weighted by Crippen LogP contribution is -2.47. The van der Waals surface area contributed by atoms with Crippen LogP contribution in [0.2, 0.25) is 0 Å². The van der Waals surface area contributed by atoms with Gasteiger partial charge in [-0.1, -0.05) is 18.2 Å². The molecule has 21 heavy (non-hydrogen) atoms. The van der Waals surface area contributed by atoms with Gasteiger partial charge in [0.2, 0.25) is 11.8 Å². The predicted molar refractivity (Wildman–Crippen MR) is 81.1 cm³/mol. The lowest BCUT2D eigenvalue weighted by molar-refractivity contribution is -0.129. The van der Waals surface area contributed by atoms with Crippen LogP contribution in [0.3, 0.4) is 0 Å². The second kappa shape index (κ2) is 6.16. The quantitative estimate of drug-likeness (QED) is 0.769. The molecule has 0 bridgehead atoms. The minimum atomic E-state index is -0.387. The molecule has 2 atom stereocenters. The van der Waals surface area contributed by atoms with E-state index in [0.29, 0.717) is 6.54 Å². The van der Waals surface area contributed by atoms with Crippen LogP contribution >= 0.6 is 0 Å². The van der Waals surface area contributed by atoms with Gasteiger partial charge in [-0.15, -0.1) is 0 Å². The first-order chi connectivity index (χ1) is 10.3. The van der Waals surface area contributed by atoms with Crippen LogP contribution in [-0.2, 0) is 9.59 Å². The molecule has 0 aromatic heterocycles. The fourth-order valence-electron chi connectivity index (χ4n) is 3.09. The van der Waals surface area contributed by atoms with Gasteiger partial charge in [-0.05, 0) is 37.3 Å². The van der Waals surface area contributed by atoms with Crippen molar-refractivity contribution in [2.45, 2.75) is 37.6 Å². The number of anilines is 1. The van der Waals surface area contributed by atoms with E-state index >= 15 is 0 Å². The van der Waals surface area contributed by atoms with Gasteiger partial charge in [0, 0.05) is 18.8 Å². The molecule has 1 aromatic carbocycles. The number of hydrogen-bond donors (Lipinski definition) is 3. The maximum atomic E-state index is 12.6. The molecule has 2 aliphatic heterocycles. The van der Waals surface area contributed by atoms with Gasteiger partial charge in [0.1, 0.15) is 6.04 Å². The molecular weight excluding hydrogens is 266 g/mol. The Hall–Kier alpha value is -2.04. The summed E-state index contributed by atoms with van der Waals surface area (Å²) >= 11 is 0. The van der Waals surface area contributed by atoms with E-state index in [-0.39, 0.29) is 23.8 Å². The average molecular weight is 287 g/mol. The molecule has 3 rings (SSSR count). The normalized spacial score (nSPS) is 25.0. The van der Waals surface area contributed by atoms with E-state index in [4.69, 9.17) is 0 Å². The molecule has 2 amide bonds. The predicted octanol–water partition coefficient (Wildman–Crippen LogP) is 1.37. The lowest BCUT2D eigenvalue weighted by Gasteiger charge is -2.27. The summed E-state index contributed by atoms with van der Waals surface area (Å²) in [5.74, 6) is -0.257. The Labute approximate surface area is 124 Å². The summed E-state index contributed by atoms with van der Waals surface area (Å²) in [5, 5.41) is 9.11. The third-order valence-electron chi connectivity index (χ3n) is 4.25. The first-order valence-corrected chi connectivity index (χ1v) is 7.66. The van der Waals surface area contributed by atoms with Gasteiger partial charge in [-0.25, -0.2) is 0 Å². The van der Waals surface area contributed by atoms with E-state index in [1.165, 1.54) is 0 Å². The van der Waals surface area contributed by atoms with E-state index in [0.717, 1.165) is 43.5 Å². The van der Waals surface area contributed by atoms with Crippen LogP contribution in [-0.4, -0.2) is 30.9 Å². The number of para-hydroxylation sites is 1. The molecule has 0 aliphatic carbocycles. The molecule has 112 valence electrons. The van der Waals surface area contributed by atoms with Gasteiger partial charge in [0.25, 0.3) is 0 Å². The number of hydrogen-bond acceptors (Lipinski definition) is 3. The fourth-order valence-corrected chi connectivity index (χ4v) is 3.09. The number of carbonyl (C=O) groups excluding carboxylic acids is 2. The summed E-state index contributed by atoms with van der Waals surface area (Å²) in [5.41, 5.74) is 2.05. The van der Waals surface area contributed by atoms with Gasteiger partial charge < -0.3 is 16.0 Å². The number of amides is 2. The van der Waals surface area contributed by atoms with E-state index in [2.05, 4.69) is 16.0 Å². The third kappa shape index (κ3) is 3.01. The number of benzene rings is 1. The SMILES string of the molecule is O=C1NCCCCC1NC(=O)C1CCNc2ccccc21. The molecule has 1 aromatic rings. The van der Waals surface area contributed by atoms with Crippen molar-refractivity contribution in [3.63, 3.8) is 0 Å². The van der Waals surface area contributed by atoms with E-state index in [1.807, 2.05) is 24.3 Å². The number of rotatable bonds is 2. The first kappa shape index (κ1) is 13.9. The minimum Gasteiger partial charge on any atom is -0.385 e. The molecule has 0 saturated carbocycles. The zero-order valence-corrected chi connectivity index (χ0v) is 12.0. The molecule has 5 nitrogen and oxygen atoms in total. The Bertz CT molecular complexity index is 544. The fraction of sp³-hybridized carbons (Fsp3) is 0.500. The maximum absolute atomic E-state index is 12.6. The molecule has 5 heteroatoms. The molecule has 2 aliphatic rings. The minimum absolute atomic E-state index is 0.0361. The van der Waals surface area contributed by atoms with E-state index in [1.54, 1.807) is 0 Å². The largest absolute Gasteiger partial charge is 0.385 e. The molecule has 0 radical (unpaired) electrons. The van der Waals surface area contributed by atoms with Gasteiger partial charge in [-0.3, -0.25) is 9.59 Å². The van der Waals surface area contributed by atoms with Crippen molar-refractivity contribution in [1.82, 2.24) is 10.6 Å². The molecule has 1 saturated heterocycles.